The third-order valence-corrected chi connectivity index (χ3v) is 1.81. The monoisotopic (exact) mass is 219 g/mol. The molecule has 0 saturated heterocycles. The molecule has 0 saturated carbocycles. The van der Waals surface area contributed by atoms with E-state index < -0.39 is 0 Å². The molecule has 0 atom stereocenters. The van der Waals surface area contributed by atoms with Gasteiger partial charge >= 0.3 is 6.01 Å². The Kier molecular flexibility index (Phi) is 2.72. The van der Waals surface area contributed by atoms with E-state index in [0.29, 0.717) is 5.82 Å². The number of H-pyrrole nitrogens is 1. The Hall–Kier alpha value is -2.11. The number of nitrogen functional groups attached to an aromatic ring is 1. The summed E-state index contributed by atoms with van der Waals surface area (Å²) in [6.07, 6.45) is 1.79. The van der Waals surface area contributed by atoms with E-state index in [1.165, 1.54) is 0 Å². The highest BCUT2D eigenvalue weighted by Gasteiger charge is 2.09. The summed E-state index contributed by atoms with van der Waals surface area (Å²) in [7, 11) is 0. The molecular weight excluding hydrogens is 206 g/mol. The van der Waals surface area contributed by atoms with Crippen molar-refractivity contribution in [3.8, 4) is 17.5 Å². The topological polar surface area (TPSA) is 89.7 Å². The molecule has 0 aliphatic rings. The van der Waals surface area contributed by atoms with Crippen molar-refractivity contribution in [1.82, 2.24) is 19.9 Å². The third kappa shape index (κ3) is 2.28. The fraction of sp³-hybridized carbons (Fsp3) is 0.300. The molecule has 0 fully saturated rings. The molecule has 0 aliphatic carbocycles. The summed E-state index contributed by atoms with van der Waals surface area (Å²) in [5, 5.41) is 0. The van der Waals surface area contributed by atoms with Crippen molar-refractivity contribution < 1.29 is 4.74 Å². The van der Waals surface area contributed by atoms with Crippen LogP contribution in [0.2, 0.25) is 0 Å². The van der Waals surface area contributed by atoms with E-state index in [1.54, 1.807) is 6.20 Å². The van der Waals surface area contributed by atoms with Gasteiger partial charge in [0.1, 0.15) is 0 Å². The van der Waals surface area contributed by atoms with Gasteiger partial charge in [-0.25, -0.2) is 0 Å². The van der Waals surface area contributed by atoms with Crippen molar-refractivity contribution >= 4 is 5.95 Å². The Labute approximate surface area is 92.9 Å². The molecule has 6 heteroatoms. The van der Waals surface area contributed by atoms with Crippen LogP contribution in [-0.4, -0.2) is 26.0 Å². The van der Waals surface area contributed by atoms with Crippen molar-refractivity contribution in [1.29, 1.82) is 0 Å². The molecule has 0 amide bonds. The summed E-state index contributed by atoms with van der Waals surface area (Å²) >= 11 is 0. The number of aromatic amines is 1. The maximum Gasteiger partial charge on any atom is 0.322 e. The molecule has 6 nitrogen and oxygen atoms in total. The zero-order valence-corrected chi connectivity index (χ0v) is 9.14. The van der Waals surface area contributed by atoms with Gasteiger partial charge in [0, 0.05) is 6.20 Å². The van der Waals surface area contributed by atoms with Crippen LogP contribution in [0, 0.1) is 0 Å². The second kappa shape index (κ2) is 4.18. The van der Waals surface area contributed by atoms with Gasteiger partial charge in [-0.2, -0.15) is 15.0 Å². The van der Waals surface area contributed by atoms with Gasteiger partial charge < -0.3 is 15.5 Å². The van der Waals surface area contributed by atoms with Crippen molar-refractivity contribution in [3.05, 3.63) is 18.3 Å². The second-order valence-corrected chi connectivity index (χ2v) is 3.55. The second-order valence-electron chi connectivity index (χ2n) is 3.55. The van der Waals surface area contributed by atoms with Crippen molar-refractivity contribution in [2.24, 2.45) is 0 Å². The molecule has 2 rings (SSSR count). The van der Waals surface area contributed by atoms with Crippen LogP contribution in [0.1, 0.15) is 13.8 Å². The summed E-state index contributed by atoms with van der Waals surface area (Å²) in [5.74, 6) is 0.628. The quantitative estimate of drug-likeness (QED) is 0.810. The predicted octanol–water partition coefficient (Wildman–Crippen LogP) is 1.24. The van der Waals surface area contributed by atoms with Crippen LogP contribution in [0.15, 0.2) is 18.3 Å². The number of nitrogens with one attached hydrogen (secondary N) is 1. The molecule has 0 radical (unpaired) electrons. The molecule has 84 valence electrons. The zero-order chi connectivity index (χ0) is 11.5. The maximum atomic E-state index is 5.59. The van der Waals surface area contributed by atoms with Gasteiger partial charge in [-0.05, 0) is 26.0 Å². The molecule has 2 aromatic heterocycles. The van der Waals surface area contributed by atoms with Gasteiger partial charge in [0.2, 0.25) is 5.95 Å². The predicted molar refractivity (Wildman–Crippen MR) is 59.8 cm³/mol. The Morgan fingerprint density at radius 2 is 2.12 bits per heavy atom. The third-order valence-electron chi connectivity index (χ3n) is 1.81. The van der Waals surface area contributed by atoms with Gasteiger partial charge in [-0.1, -0.05) is 0 Å². The van der Waals surface area contributed by atoms with Crippen LogP contribution in [0.25, 0.3) is 11.5 Å². The van der Waals surface area contributed by atoms with Gasteiger partial charge in [-0.3, -0.25) is 0 Å². The highest BCUT2D eigenvalue weighted by atomic mass is 16.5. The van der Waals surface area contributed by atoms with Crippen LogP contribution in [-0.2, 0) is 0 Å². The lowest BCUT2D eigenvalue weighted by atomic mass is 10.4. The number of rotatable bonds is 3. The SMILES string of the molecule is CC(C)Oc1nc(N)nc(-c2ccc[nH]2)n1. The Morgan fingerprint density at radius 3 is 2.75 bits per heavy atom. The lowest BCUT2D eigenvalue weighted by molar-refractivity contribution is 0.222. The maximum absolute atomic E-state index is 5.59. The zero-order valence-electron chi connectivity index (χ0n) is 9.14. The number of nitrogens with zero attached hydrogens (tertiary/aromatic N) is 3. The van der Waals surface area contributed by atoms with Crippen molar-refractivity contribution in [3.63, 3.8) is 0 Å². The number of aromatic nitrogens is 4. The van der Waals surface area contributed by atoms with Gasteiger partial charge in [0.25, 0.3) is 0 Å². The highest BCUT2D eigenvalue weighted by Crippen LogP contribution is 2.16. The lowest BCUT2D eigenvalue weighted by Gasteiger charge is -2.08. The van der Waals surface area contributed by atoms with E-state index in [4.69, 9.17) is 10.5 Å². The first kappa shape index (κ1) is 10.4. The van der Waals surface area contributed by atoms with E-state index in [9.17, 15) is 0 Å². The molecule has 0 unspecified atom stereocenters. The van der Waals surface area contributed by atoms with E-state index in [-0.39, 0.29) is 18.1 Å². The fourth-order valence-electron chi connectivity index (χ4n) is 1.23. The number of anilines is 1. The molecule has 2 aromatic rings. The minimum Gasteiger partial charge on any atom is -0.461 e. The lowest BCUT2D eigenvalue weighted by Crippen LogP contribution is -2.11. The fourth-order valence-corrected chi connectivity index (χ4v) is 1.23. The van der Waals surface area contributed by atoms with Crippen LogP contribution >= 0.6 is 0 Å². The molecule has 0 bridgehead atoms. The first-order valence-corrected chi connectivity index (χ1v) is 4.97. The first-order chi connectivity index (χ1) is 7.65. The summed E-state index contributed by atoms with van der Waals surface area (Å²) < 4.78 is 5.38. The smallest absolute Gasteiger partial charge is 0.322 e. The van der Waals surface area contributed by atoms with E-state index in [1.807, 2.05) is 26.0 Å². The summed E-state index contributed by atoms with van der Waals surface area (Å²) in [5.41, 5.74) is 6.37. The molecule has 3 N–H and O–H groups in total. The van der Waals surface area contributed by atoms with Gasteiger partial charge in [0.15, 0.2) is 5.82 Å². The number of hydrogen-bond donors (Lipinski definition) is 2. The van der Waals surface area contributed by atoms with Gasteiger partial charge in [-0.15, -0.1) is 0 Å². The molecular formula is C10H13N5O. The molecule has 16 heavy (non-hydrogen) atoms. The van der Waals surface area contributed by atoms with E-state index >= 15 is 0 Å². The summed E-state index contributed by atoms with van der Waals surface area (Å²) in [6.45, 7) is 3.79. The summed E-state index contributed by atoms with van der Waals surface area (Å²) in [4.78, 5) is 15.1. The number of ether oxygens (including phenoxy) is 1. The number of hydrogen-bond acceptors (Lipinski definition) is 5. The molecule has 2 heterocycles. The Balaban J connectivity index is 2.36. The first-order valence-electron chi connectivity index (χ1n) is 4.97. The van der Waals surface area contributed by atoms with E-state index in [0.717, 1.165) is 5.69 Å². The van der Waals surface area contributed by atoms with Gasteiger partial charge in [0.05, 0.1) is 11.8 Å². The average molecular weight is 219 g/mol. The normalized spacial score (nSPS) is 10.7. The average Bonchev–Trinajstić information content (AvgIpc) is 2.67. The molecule has 0 aromatic carbocycles. The Morgan fingerprint density at radius 1 is 1.31 bits per heavy atom. The van der Waals surface area contributed by atoms with Crippen LogP contribution in [0.5, 0.6) is 6.01 Å². The van der Waals surface area contributed by atoms with Crippen molar-refractivity contribution in [2.75, 3.05) is 5.73 Å². The highest BCUT2D eigenvalue weighted by molar-refractivity contribution is 5.50. The van der Waals surface area contributed by atoms with E-state index in [2.05, 4.69) is 19.9 Å². The van der Waals surface area contributed by atoms with Crippen LogP contribution in [0.4, 0.5) is 5.95 Å². The minimum atomic E-state index is -0.00158. The molecule has 0 aliphatic heterocycles. The van der Waals surface area contributed by atoms with Crippen molar-refractivity contribution in [2.45, 2.75) is 20.0 Å². The number of nitrogens with two attached hydrogens (primary N) is 1. The van der Waals surface area contributed by atoms with Crippen LogP contribution < -0.4 is 10.5 Å². The molecule has 0 spiro atoms. The minimum absolute atomic E-state index is 0.00158. The largest absolute Gasteiger partial charge is 0.461 e. The van der Waals surface area contributed by atoms with Crippen LogP contribution in [0.3, 0.4) is 0 Å². The standard InChI is InChI=1S/C10H13N5O/c1-6(2)16-10-14-8(13-9(11)15-10)7-4-3-5-12-7/h3-6,12H,1-2H3,(H2,11,13,14,15). The summed E-state index contributed by atoms with van der Waals surface area (Å²) in [6, 6.07) is 3.96. The Bertz CT molecular complexity index is 466.